The first-order valence-corrected chi connectivity index (χ1v) is 7.45. The molecule has 2 aromatic carbocycles. The number of hydrogen-bond acceptors (Lipinski definition) is 4. The molecule has 0 saturated carbocycles. The van der Waals surface area contributed by atoms with Crippen molar-refractivity contribution >= 4 is 23.4 Å². The van der Waals surface area contributed by atoms with E-state index in [1.54, 1.807) is 24.3 Å². The normalized spacial score (nSPS) is 11.7. The molecule has 0 N–H and O–H groups in total. The van der Waals surface area contributed by atoms with Crippen molar-refractivity contribution in [2.75, 3.05) is 7.11 Å². The number of esters is 1. The highest BCUT2D eigenvalue weighted by Crippen LogP contribution is 2.24. The molecule has 0 aromatic heterocycles. The summed E-state index contributed by atoms with van der Waals surface area (Å²) in [7, 11) is 1.45. The largest absolute Gasteiger partial charge is 0.496 e. The van der Waals surface area contributed by atoms with Crippen LogP contribution in [0, 0.1) is 6.92 Å². The Kier molecular flexibility index (Phi) is 5.40. The van der Waals surface area contributed by atoms with Crippen LogP contribution in [-0.2, 0) is 4.74 Å². The number of methoxy groups -OCH3 is 1. The summed E-state index contributed by atoms with van der Waals surface area (Å²) in [4.78, 5) is 24.6. The van der Waals surface area contributed by atoms with E-state index in [9.17, 15) is 9.59 Å². The van der Waals surface area contributed by atoms with E-state index in [4.69, 9.17) is 21.1 Å². The van der Waals surface area contributed by atoms with Gasteiger partial charge >= 0.3 is 5.97 Å². The van der Waals surface area contributed by atoms with Crippen LogP contribution in [0.2, 0.25) is 5.02 Å². The minimum atomic E-state index is -0.908. The molecular formula is C18H17ClO4. The minimum Gasteiger partial charge on any atom is -0.496 e. The van der Waals surface area contributed by atoms with Crippen LogP contribution in [0.1, 0.15) is 33.2 Å². The Labute approximate surface area is 140 Å². The molecule has 23 heavy (non-hydrogen) atoms. The summed E-state index contributed by atoms with van der Waals surface area (Å²) in [5.41, 5.74) is 1.73. The lowest BCUT2D eigenvalue weighted by Crippen LogP contribution is -2.24. The highest BCUT2D eigenvalue weighted by molar-refractivity contribution is 6.31. The maximum absolute atomic E-state index is 12.3. The Morgan fingerprint density at radius 3 is 2.35 bits per heavy atom. The van der Waals surface area contributed by atoms with E-state index >= 15 is 0 Å². The van der Waals surface area contributed by atoms with Gasteiger partial charge in [0.2, 0.25) is 5.78 Å². The molecule has 0 heterocycles. The summed E-state index contributed by atoms with van der Waals surface area (Å²) in [6, 6.07) is 11.7. The zero-order valence-corrected chi connectivity index (χ0v) is 13.9. The topological polar surface area (TPSA) is 52.6 Å². The molecule has 0 radical (unpaired) electrons. The van der Waals surface area contributed by atoms with Crippen molar-refractivity contribution in [3.63, 3.8) is 0 Å². The van der Waals surface area contributed by atoms with Crippen LogP contribution in [0.3, 0.4) is 0 Å². The first-order chi connectivity index (χ1) is 10.9. The average Bonchev–Trinajstić information content (AvgIpc) is 2.54. The van der Waals surface area contributed by atoms with E-state index in [-0.39, 0.29) is 11.3 Å². The molecule has 0 aliphatic rings. The second-order valence-corrected chi connectivity index (χ2v) is 5.56. The van der Waals surface area contributed by atoms with Gasteiger partial charge in [-0.2, -0.15) is 0 Å². The van der Waals surface area contributed by atoms with E-state index in [1.807, 2.05) is 19.1 Å². The lowest BCUT2D eigenvalue weighted by Gasteiger charge is -2.14. The second-order valence-electron chi connectivity index (χ2n) is 5.12. The van der Waals surface area contributed by atoms with Gasteiger partial charge in [0, 0.05) is 10.6 Å². The highest BCUT2D eigenvalue weighted by Gasteiger charge is 2.22. The van der Waals surface area contributed by atoms with Crippen LogP contribution < -0.4 is 4.74 Å². The zero-order chi connectivity index (χ0) is 17.0. The Hall–Kier alpha value is -2.33. The van der Waals surface area contributed by atoms with Crippen LogP contribution in [0.25, 0.3) is 0 Å². The van der Waals surface area contributed by atoms with Crippen LogP contribution >= 0.6 is 11.6 Å². The number of Topliss-reactive ketones (excluding diaryl/α,β-unsaturated/α-hetero) is 1. The summed E-state index contributed by atoms with van der Waals surface area (Å²) >= 11 is 5.90. The van der Waals surface area contributed by atoms with Crippen LogP contribution in [0.4, 0.5) is 0 Å². The molecule has 0 saturated heterocycles. The number of rotatable bonds is 5. The number of carbonyl (C=O) groups is 2. The minimum absolute atomic E-state index is 0.184. The molecule has 2 aromatic rings. The molecule has 0 amide bonds. The van der Waals surface area contributed by atoms with Crippen LogP contribution in [0.5, 0.6) is 5.75 Å². The number of aryl methyl sites for hydroxylation is 1. The number of carbonyl (C=O) groups excluding carboxylic acids is 2. The monoisotopic (exact) mass is 332 g/mol. The molecule has 0 fully saturated rings. The molecule has 4 nitrogen and oxygen atoms in total. The first-order valence-electron chi connectivity index (χ1n) is 7.07. The molecule has 0 aliphatic heterocycles. The third-order valence-electron chi connectivity index (χ3n) is 3.37. The fraction of sp³-hybridized carbons (Fsp3) is 0.222. The molecule has 5 heteroatoms. The predicted molar refractivity (Wildman–Crippen MR) is 88.4 cm³/mol. The fourth-order valence-corrected chi connectivity index (χ4v) is 2.24. The molecule has 1 atom stereocenters. The summed E-state index contributed by atoms with van der Waals surface area (Å²) < 4.78 is 10.4. The van der Waals surface area contributed by atoms with Crippen molar-refractivity contribution in [1.82, 2.24) is 0 Å². The van der Waals surface area contributed by atoms with Gasteiger partial charge in [-0.15, -0.1) is 0 Å². The van der Waals surface area contributed by atoms with E-state index in [0.29, 0.717) is 16.3 Å². The Morgan fingerprint density at radius 1 is 1.09 bits per heavy atom. The predicted octanol–water partition coefficient (Wildman–Crippen LogP) is 4.09. The summed E-state index contributed by atoms with van der Waals surface area (Å²) in [6.45, 7) is 3.47. The van der Waals surface area contributed by atoms with E-state index in [1.165, 1.54) is 20.1 Å². The van der Waals surface area contributed by atoms with Crippen molar-refractivity contribution in [2.24, 2.45) is 0 Å². The quantitative estimate of drug-likeness (QED) is 0.611. The molecule has 120 valence electrons. The third kappa shape index (κ3) is 4.11. The third-order valence-corrected chi connectivity index (χ3v) is 3.61. The number of ether oxygens (including phenoxy) is 2. The van der Waals surface area contributed by atoms with Crippen molar-refractivity contribution < 1.29 is 19.1 Å². The highest BCUT2D eigenvalue weighted by atomic mass is 35.5. The maximum Gasteiger partial charge on any atom is 0.342 e. The van der Waals surface area contributed by atoms with Crippen molar-refractivity contribution in [3.8, 4) is 5.75 Å². The molecule has 0 aliphatic carbocycles. The lowest BCUT2D eigenvalue weighted by molar-refractivity contribution is 0.0316. The van der Waals surface area contributed by atoms with Crippen LogP contribution in [-0.4, -0.2) is 25.0 Å². The van der Waals surface area contributed by atoms with Gasteiger partial charge in [0.1, 0.15) is 11.3 Å². The smallest absolute Gasteiger partial charge is 0.342 e. The molecule has 0 spiro atoms. The SMILES string of the molecule is COc1ccc(Cl)cc1C(=O)OC(C)C(=O)c1ccc(C)cc1. The summed E-state index contributed by atoms with van der Waals surface area (Å²) in [5, 5.41) is 0.385. The number of ketones is 1. The molecular weight excluding hydrogens is 316 g/mol. The number of hydrogen-bond donors (Lipinski definition) is 0. The van der Waals surface area contributed by atoms with Gasteiger partial charge in [-0.3, -0.25) is 4.79 Å². The van der Waals surface area contributed by atoms with Gasteiger partial charge in [-0.1, -0.05) is 41.4 Å². The zero-order valence-electron chi connectivity index (χ0n) is 13.1. The second kappa shape index (κ2) is 7.29. The Bertz CT molecular complexity index is 722. The Morgan fingerprint density at radius 2 is 1.74 bits per heavy atom. The van der Waals surface area contributed by atoms with Gasteiger partial charge < -0.3 is 9.47 Å². The average molecular weight is 333 g/mol. The number of benzene rings is 2. The van der Waals surface area contributed by atoms with Crippen molar-refractivity contribution in [2.45, 2.75) is 20.0 Å². The van der Waals surface area contributed by atoms with Crippen molar-refractivity contribution in [1.29, 1.82) is 0 Å². The van der Waals surface area contributed by atoms with E-state index < -0.39 is 12.1 Å². The van der Waals surface area contributed by atoms with Crippen LogP contribution in [0.15, 0.2) is 42.5 Å². The van der Waals surface area contributed by atoms with Gasteiger partial charge in [0.25, 0.3) is 0 Å². The first kappa shape index (κ1) is 17.0. The standard InChI is InChI=1S/C18H17ClO4/c1-11-4-6-13(7-5-11)17(20)12(2)23-18(21)15-10-14(19)8-9-16(15)22-3/h4-10,12H,1-3H3. The van der Waals surface area contributed by atoms with E-state index in [2.05, 4.69) is 0 Å². The Balaban J connectivity index is 2.15. The fourth-order valence-electron chi connectivity index (χ4n) is 2.07. The maximum atomic E-state index is 12.3. The van der Waals surface area contributed by atoms with Gasteiger partial charge in [0.05, 0.1) is 7.11 Å². The van der Waals surface area contributed by atoms with Gasteiger partial charge in [-0.05, 0) is 32.0 Å². The summed E-state index contributed by atoms with van der Waals surface area (Å²) in [5.74, 6) is -0.578. The molecule has 1 unspecified atom stereocenters. The number of halogens is 1. The van der Waals surface area contributed by atoms with Gasteiger partial charge in [-0.25, -0.2) is 4.79 Å². The van der Waals surface area contributed by atoms with Crippen molar-refractivity contribution in [3.05, 3.63) is 64.2 Å². The lowest BCUT2D eigenvalue weighted by atomic mass is 10.1. The van der Waals surface area contributed by atoms with Gasteiger partial charge in [0.15, 0.2) is 6.10 Å². The molecule has 0 bridgehead atoms. The van der Waals surface area contributed by atoms with E-state index in [0.717, 1.165) is 5.56 Å². The molecule has 2 rings (SSSR count). The summed E-state index contributed by atoms with van der Waals surface area (Å²) in [6.07, 6.45) is -0.908.